The SMILES string of the molecule is COC(=O)Nc1ccc(-c2cnn(C(CC3CCC(C)(C)CC3)c3ccc(-c4c(-n5cnnn5)ccc(Cl)c4F)c[n+]3[O-])c2)cc1. The molecule has 6 rings (SSSR count). The lowest BCUT2D eigenvalue weighted by atomic mass is 9.71. The van der Waals surface area contributed by atoms with Gasteiger partial charge in [0, 0.05) is 23.5 Å². The Morgan fingerprint density at radius 1 is 1.13 bits per heavy atom. The molecule has 0 spiro atoms. The average molecular weight is 645 g/mol. The highest BCUT2D eigenvalue weighted by atomic mass is 35.5. The van der Waals surface area contributed by atoms with Crippen LogP contribution in [0.4, 0.5) is 14.9 Å². The number of rotatable bonds is 8. The second-order valence-corrected chi connectivity index (χ2v) is 12.8. The van der Waals surface area contributed by atoms with Crippen molar-refractivity contribution < 1.29 is 18.7 Å². The number of methoxy groups -OCH3 is 1. The Balaban J connectivity index is 1.35. The Kier molecular flexibility index (Phi) is 8.72. The highest BCUT2D eigenvalue weighted by molar-refractivity contribution is 6.31. The first-order valence-electron chi connectivity index (χ1n) is 15.1. The van der Waals surface area contributed by atoms with Gasteiger partial charge in [0.25, 0.3) is 0 Å². The van der Waals surface area contributed by atoms with Crippen molar-refractivity contribution in [2.45, 2.75) is 52.0 Å². The smallest absolute Gasteiger partial charge is 0.411 e. The number of aromatic nitrogens is 7. The van der Waals surface area contributed by atoms with Gasteiger partial charge in [-0.25, -0.2) is 9.18 Å². The predicted octanol–water partition coefficient (Wildman–Crippen LogP) is 6.99. The molecule has 3 aromatic heterocycles. The lowest BCUT2D eigenvalue weighted by Gasteiger charge is -2.35. The van der Waals surface area contributed by atoms with E-state index in [0.717, 1.165) is 48.0 Å². The number of nitrogens with one attached hydrogen (secondary N) is 1. The van der Waals surface area contributed by atoms with Crippen molar-refractivity contribution in [1.82, 2.24) is 30.0 Å². The lowest BCUT2D eigenvalue weighted by molar-refractivity contribution is -0.615. The molecule has 1 unspecified atom stereocenters. The highest BCUT2D eigenvalue weighted by Crippen LogP contribution is 2.42. The van der Waals surface area contributed by atoms with Crippen molar-refractivity contribution in [3.05, 3.63) is 95.2 Å². The van der Waals surface area contributed by atoms with Gasteiger partial charge >= 0.3 is 6.09 Å². The summed E-state index contributed by atoms with van der Waals surface area (Å²) in [6.07, 6.45) is 11.0. The third-order valence-electron chi connectivity index (χ3n) is 8.83. The Labute approximate surface area is 270 Å². The summed E-state index contributed by atoms with van der Waals surface area (Å²) in [5, 5.41) is 32.3. The van der Waals surface area contributed by atoms with Crippen molar-refractivity contribution >= 4 is 23.4 Å². The van der Waals surface area contributed by atoms with Crippen LogP contribution >= 0.6 is 11.6 Å². The second kappa shape index (κ2) is 12.9. The number of hydrogen-bond donors (Lipinski definition) is 1. The Morgan fingerprint density at radius 3 is 2.54 bits per heavy atom. The summed E-state index contributed by atoms with van der Waals surface area (Å²) >= 11 is 6.16. The number of carbonyl (C=O) groups excluding carboxylic acids is 1. The summed E-state index contributed by atoms with van der Waals surface area (Å²) in [6.45, 7) is 4.60. The molecule has 1 fully saturated rings. The van der Waals surface area contributed by atoms with Crippen LogP contribution in [-0.2, 0) is 4.74 Å². The minimum absolute atomic E-state index is 0.0790. The van der Waals surface area contributed by atoms with E-state index >= 15 is 4.39 Å². The first kappa shape index (κ1) is 31.2. The van der Waals surface area contributed by atoms with Crippen LogP contribution in [0.15, 0.2) is 73.4 Å². The molecule has 11 nitrogen and oxygen atoms in total. The summed E-state index contributed by atoms with van der Waals surface area (Å²) in [5.74, 6) is -0.265. The van der Waals surface area contributed by atoms with E-state index in [1.165, 1.54) is 30.4 Å². The Morgan fingerprint density at radius 2 is 1.87 bits per heavy atom. The normalized spacial score (nSPS) is 15.4. The molecule has 238 valence electrons. The maximum atomic E-state index is 15.5. The van der Waals surface area contributed by atoms with Crippen molar-refractivity contribution in [1.29, 1.82) is 0 Å². The molecule has 1 amide bonds. The molecule has 0 radical (unpaired) electrons. The van der Waals surface area contributed by atoms with Gasteiger partial charge in [0.1, 0.15) is 12.4 Å². The van der Waals surface area contributed by atoms with E-state index in [0.29, 0.717) is 34.0 Å². The molecule has 5 aromatic rings. The Bertz CT molecular complexity index is 1830. The second-order valence-electron chi connectivity index (χ2n) is 12.4. The Hall–Kier alpha value is -4.84. The zero-order valence-electron chi connectivity index (χ0n) is 25.7. The molecule has 2 aromatic carbocycles. The minimum Gasteiger partial charge on any atom is -0.618 e. The number of nitrogens with zero attached hydrogens (tertiary/aromatic N) is 7. The summed E-state index contributed by atoms with van der Waals surface area (Å²) in [4.78, 5) is 11.6. The molecule has 1 atom stereocenters. The molecule has 0 aliphatic heterocycles. The van der Waals surface area contributed by atoms with E-state index < -0.39 is 11.9 Å². The lowest BCUT2D eigenvalue weighted by Crippen LogP contribution is -2.36. The zero-order valence-corrected chi connectivity index (χ0v) is 26.5. The molecular weight excluding hydrogens is 611 g/mol. The quantitative estimate of drug-likeness (QED) is 0.142. The largest absolute Gasteiger partial charge is 0.618 e. The molecule has 1 aliphatic rings. The molecule has 1 N–H and O–H groups in total. The molecule has 46 heavy (non-hydrogen) atoms. The van der Waals surface area contributed by atoms with Crippen LogP contribution in [0.3, 0.4) is 0 Å². The zero-order chi connectivity index (χ0) is 32.4. The van der Waals surface area contributed by atoms with Gasteiger partial charge in [-0.2, -0.15) is 14.5 Å². The van der Waals surface area contributed by atoms with Gasteiger partial charge in [0.2, 0.25) is 5.69 Å². The number of halogens is 2. The van der Waals surface area contributed by atoms with Crippen LogP contribution in [0.5, 0.6) is 0 Å². The summed E-state index contributed by atoms with van der Waals surface area (Å²) in [7, 11) is 1.31. The number of tetrazole rings is 1. The standard InChI is InChI=1S/C33H34ClFN8O3/c1-33(2)14-12-21(13-15-33)16-29(41-18-24(17-37-41)22-4-7-25(8-5-22)38-32(44)46-3)27-10-6-23(19-43(27)45)30-28(42-20-36-39-40-42)11-9-26(34)31(30)35/h4-11,17-21,29H,12-16H2,1-3H3,(H,38,44). The molecule has 0 saturated heterocycles. The fourth-order valence-corrected chi connectivity index (χ4v) is 6.28. The van der Waals surface area contributed by atoms with Crippen molar-refractivity contribution in [3.63, 3.8) is 0 Å². The van der Waals surface area contributed by atoms with E-state index in [-0.39, 0.29) is 16.6 Å². The number of carbonyl (C=O) groups is 1. The third kappa shape index (κ3) is 6.57. The number of hydrogen-bond acceptors (Lipinski definition) is 7. The van der Waals surface area contributed by atoms with Crippen LogP contribution in [0, 0.1) is 22.4 Å². The van der Waals surface area contributed by atoms with Gasteiger partial charge in [0.15, 0.2) is 12.0 Å². The van der Waals surface area contributed by atoms with E-state index in [1.54, 1.807) is 36.5 Å². The van der Waals surface area contributed by atoms with Crippen LogP contribution in [-0.4, -0.2) is 43.2 Å². The van der Waals surface area contributed by atoms with Gasteiger partial charge < -0.3 is 9.94 Å². The predicted molar refractivity (Wildman–Crippen MR) is 171 cm³/mol. The van der Waals surface area contributed by atoms with Gasteiger partial charge in [-0.1, -0.05) is 37.6 Å². The molecule has 1 aliphatic carbocycles. The number of amides is 1. The number of ether oxygens (including phenoxy) is 1. The summed E-state index contributed by atoms with van der Waals surface area (Å²) in [5.41, 5.74) is 3.97. The first-order chi connectivity index (χ1) is 22.1. The minimum atomic E-state index is -0.673. The van der Waals surface area contributed by atoms with E-state index in [9.17, 15) is 10.0 Å². The average Bonchev–Trinajstić information content (AvgIpc) is 3.76. The first-order valence-corrected chi connectivity index (χ1v) is 15.4. The highest BCUT2D eigenvalue weighted by Gasteiger charge is 2.32. The molecule has 0 bridgehead atoms. The number of pyridine rings is 1. The van der Waals surface area contributed by atoms with Gasteiger partial charge in [-0.3, -0.25) is 10.00 Å². The number of benzene rings is 2. The van der Waals surface area contributed by atoms with Crippen molar-refractivity contribution in [2.75, 3.05) is 12.4 Å². The van der Waals surface area contributed by atoms with Crippen molar-refractivity contribution in [3.8, 4) is 27.9 Å². The molecule has 3 heterocycles. The van der Waals surface area contributed by atoms with Crippen LogP contribution in [0.25, 0.3) is 27.9 Å². The maximum absolute atomic E-state index is 15.5. The van der Waals surface area contributed by atoms with Crippen LogP contribution in [0.2, 0.25) is 5.02 Å². The topological polar surface area (TPSA) is 127 Å². The third-order valence-corrected chi connectivity index (χ3v) is 9.12. The van der Waals surface area contributed by atoms with E-state index in [4.69, 9.17) is 16.7 Å². The van der Waals surface area contributed by atoms with E-state index in [1.807, 2.05) is 23.0 Å². The van der Waals surface area contributed by atoms with Crippen LogP contribution in [0.1, 0.15) is 57.7 Å². The molecule has 13 heteroatoms. The van der Waals surface area contributed by atoms with E-state index in [2.05, 4.69) is 39.4 Å². The molecular formula is C33H34ClFN8O3. The summed E-state index contributed by atoms with van der Waals surface area (Å²) in [6, 6.07) is 13.5. The maximum Gasteiger partial charge on any atom is 0.411 e. The van der Waals surface area contributed by atoms with Gasteiger partial charge in [-0.05, 0) is 89.8 Å². The summed E-state index contributed by atoms with van der Waals surface area (Å²) < 4.78 is 24.1. The monoisotopic (exact) mass is 644 g/mol. The fraction of sp³-hybridized carbons (Fsp3) is 0.333. The van der Waals surface area contributed by atoms with Crippen molar-refractivity contribution in [2.24, 2.45) is 11.3 Å². The number of anilines is 1. The molecule has 1 saturated carbocycles. The van der Waals surface area contributed by atoms with Crippen LogP contribution < -0.4 is 10.0 Å². The fourth-order valence-electron chi connectivity index (χ4n) is 6.12. The van der Waals surface area contributed by atoms with Gasteiger partial charge in [-0.15, -0.1) is 5.10 Å². The van der Waals surface area contributed by atoms with Gasteiger partial charge in [0.05, 0.1) is 35.1 Å².